The van der Waals surface area contributed by atoms with Crippen LogP contribution in [-0.2, 0) is 7.05 Å². The Morgan fingerprint density at radius 3 is 2.50 bits per heavy atom. The summed E-state index contributed by atoms with van der Waals surface area (Å²) in [7, 11) is 1.61. The number of piperazine rings is 1. The lowest BCUT2D eigenvalue weighted by Gasteiger charge is -2.36. The van der Waals surface area contributed by atoms with Crippen molar-refractivity contribution in [2.24, 2.45) is 7.05 Å². The van der Waals surface area contributed by atoms with E-state index in [9.17, 15) is 9.59 Å². The molecule has 1 aromatic carbocycles. The summed E-state index contributed by atoms with van der Waals surface area (Å²) in [5.74, 6) is 1.29. The summed E-state index contributed by atoms with van der Waals surface area (Å²) in [6, 6.07) is 11.2. The number of carbonyl (C=O) groups is 1. The van der Waals surface area contributed by atoms with Gasteiger partial charge in [0, 0.05) is 56.9 Å². The zero-order chi connectivity index (χ0) is 23.7. The van der Waals surface area contributed by atoms with E-state index >= 15 is 0 Å². The van der Waals surface area contributed by atoms with Crippen LogP contribution in [0.1, 0.15) is 6.92 Å². The second kappa shape index (κ2) is 8.97. The van der Waals surface area contributed by atoms with Crippen LogP contribution in [-0.4, -0.2) is 67.8 Å². The number of imidazole rings is 1. The summed E-state index contributed by atoms with van der Waals surface area (Å²) < 4.78 is 8.05. The number of hydrogen-bond donors (Lipinski definition) is 0. The molecular weight excluding hydrogens is 434 g/mol. The third-order valence-corrected chi connectivity index (χ3v) is 5.96. The second-order valence-corrected chi connectivity index (χ2v) is 8.00. The first-order valence-electron chi connectivity index (χ1n) is 11.2. The van der Waals surface area contributed by atoms with Gasteiger partial charge < -0.3 is 14.5 Å². The molecule has 3 aromatic heterocycles. The third-order valence-electron chi connectivity index (χ3n) is 5.96. The maximum atomic E-state index is 13.3. The number of fused-ring (bicyclic) bond motifs is 1. The number of benzene rings is 1. The molecule has 0 atom stereocenters. The Labute approximate surface area is 196 Å². The molecular formula is C24H25N7O3. The molecule has 1 aliphatic heterocycles. The second-order valence-electron chi connectivity index (χ2n) is 8.00. The van der Waals surface area contributed by atoms with E-state index in [0.717, 1.165) is 21.6 Å². The largest absolute Gasteiger partial charge is 0.494 e. The Morgan fingerprint density at radius 1 is 1.06 bits per heavy atom. The summed E-state index contributed by atoms with van der Waals surface area (Å²) in [4.78, 5) is 43.2. The highest BCUT2D eigenvalue weighted by molar-refractivity contribution is 5.88. The molecule has 0 saturated carbocycles. The van der Waals surface area contributed by atoms with Gasteiger partial charge in [-0.1, -0.05) is 0 Å². The maximum Gasteiger partial charge on any atom is 0.338 e. The van der Waals surface area contributed by atoms with Gasteiger partial charge in [0.05, 0.1) is 12.8 Å². The van der Waals surface area contributed by atoms with Crippen LogP contribution in [0, 0.1) is 0 Å². The smallest absolute Gasteiger partial charge is 0.338 e. The lowest BCUT2D eigenvalue weighted by Crippen LogP contribution is -2.51. The molecule has 4 aromatic rings. The van der Waals surface area contributed by atoms with Gasteiger partial charge in [-0.15, -0.1) is 0 Å². The number of amides is 1. The van der Waals surface area contributed by atoms with Crippen LogP contribution in [0.5, 0.6) is 5.75 Å². The molecule has 34 heavy (non-hydrogen) atoms. The van der Waals surface area contributed by atoms with Crippen molar-refractivity contribution in [3.63, 3.8) is 0 Å². The van der Waals surface area contributed by atoms with Gasteiger partial charge in [-0.3, -0.25) is 9.55 Å². The molecule has 0 N–H and O–H groups in total. The predicted molar refractivity (Wildman–Crippen MR) is 128 cm³/mol. The first kappa shape index (κ1) is 21.6. The molecule has 0 aliphatic carbocycles. The number of pyridine rings is 1. The lowest BCUT2D eigenvalue weighted by molar-refractivity contribution is 0.196. The highest BCUT2D eigenvalue weighted by atomic mass is 16.5. The Hall–Kier alpha value is -4.21. The van der Waals surface area contributed by atoms with Crippen molar-refractivity contribution in [3.8, 4) is 17.1 Å². The van der Waals surface area contributed by atoms with Crippen LogP contribution in [0.3, 0.4) is 0 Å². The fourth-order valence-corrected chi connectivity index (χ4v) is 4.15. The van der Waals surface area contributed by atoms with E-state index in [1.165, 1.54) is 10.8 Å². The standard InChI is InChI=1S/C24H25N7O3/c1-3-34-19-8-6-18(7-9-19)29-11-13-30(14-12-29)24(33)31-20-16-26-21(17-5-4-10-25-15-17)27-22(20)28(2)23(31)32/h4-10,15-16H,3,11-14H2,1-2H3. The number of aromatic nitrogens is 5. The first-order valence-corrected chi connectivity index (χ1v) is 11.2. The number of ether oxygens (including phenoxy) is 1. The molecule has 4 heterocycles. The number of anilines is 1. The fraction of sp³-hybridized carbons (Fsp3) is 0.292. The average Bonchev–Trinajstić information content (AvgIpc) is 3.14. The van der Waals surface area contributed by atoms with Gasteiger partial charge in [0.2, 0.25) is 0 Å². The average molecular weight is 460 g/mol. The van der Waals surface area contributed by atoms with Crippen molar-refractivity contribution in [3.05, 3.63) is 65.5 Å². The molecule has 0 unspecified atom stereocenters. The van der Waals surface area contributed by atoms with Crippen molar-refractivity contribution in [2.45, 2.75) is 6.92 Å². The molecule has 0 bridgehead atoms. The lowest BCUT2D eigenvalue weighted by atomic mass is 10.2. The monoisotopic (exact) mass is 459 g/mol. The minimum atomic E-state index is -0.438. The molecule has 1 aliphatic rings. The third kappa shape index (κ3) is 3.87. The molecule has 10 nitrogen and oxygen atoms in total. The van der Waals surface area contributed by atoms with Gasteiger partial charge in [-0.25, -0.2) is 24.1 Å². The van der Waals surface area contributed by atoms with E-state index in [0.29, 0.717) is 49.8 Å². The summed E-state index contributed by atoms with van der Waals surface area (Å²) in [6.07, 6.45) is 4.86. The highest BCUT2D eigenvalue weighted by Crippen LogP contribution is 2.22. The van der Waals surface area contributed by atoms with Crippen LogP contribution in [0.2, 0.25) is 0 Å². The summed E-state index contributed by atoms with van der Waals surface area (Å²) in [6.45, 7) is 4.93. The van der Waals surface area contributed by atoms with E-state index in [2.05, 4.69) is 19.9 Å². The fourth-order valence-electron chi connectivity index (χ4n) is 4.15. The molecule has 1 fully saturated rings. The summed E-state index contributed by atoms with van der Waals surface area (Å²) >= 11 is 0. The van der Waals surface area contributed by atoms with Gasteiger partial charge in [0.15, 0.2) is 11.5 Å². The molecule has 10 heteroatoms. The van der Waals surface area contributed by atoms with Gasteiger partial charge in [0.25, 0.3) is 0 Å². The number of aryl methyl sites for hydroxylation is 1. The van der Waals surface area contributed by atoms with Crippen molar-refractivity contribution in [1.82, 2.24) is 29.0 Å². The molecule has 174 valence electrons. The Kier molecular flexibility index (Phi) is 5.70. The van der Waals surface area contributed by atoms with Crippen molar-refractivity contribution in [1.29, 1.82) is 0 Å². The number of hydrogen-bond acceptors (Lipinski definition) is 7. The number of nitrogens with zero attached hydrogens (tertiary/aromatic N) is 7. The molecule has 5 rings (SSSR count). The van der Waals surface area contributed by atoms with Gasteiger partial charge >= 0.3 is 11.7 Å². The zero-order valence-electron chi connectivity index (χ0n) is 19.1. The van der Waals surface area contributed by atoms with Gasteiger partial charge in [0.1, 0.15) is 11.3 Å². The quantitative estimate of drug-likeness (QED) is 0.462. The van der Waals surface area contributed by atoms with Crippen molar-refractivity contribution in [2.75, 3.05) is 37.7 Å². The van der Waals surface area contributed by atoms with E-state index in [4.69, 9.17) is 4.74 Å². The molecule has 1 saturated heterocycles. The van der Waals surface area contributed by atoms with Crippen LogP contribution in [0.25, 0.3) is 22.6 Å². The van der Waals surface area contributed by atoms with Crippen molar-refractivity contribution < 1.29 is 9.53 Å². The first-order chi connectivity index (χ1) is 16.6. The topological polar surface area (TPSA) is 98.4 Å². The van der Waals surface area contributed by atoms with Crippen molar-refractivity contribution >= 4 is 22.9 Å². The minimum Gasteiger partial charge on any atom is -0.494 e. The van der Waals surface area contributed by atoms with Crippen LogP contribution >= 0.6 is 0 Å². The molecule has 1 amide bonds. The van der Waals surface area contributed by atoms with E-state index in [1.807, 2.05) is 37.3 Å². The minimum absolute atomic E-state index is 0.361. The van der Waals surface area contributed by atoms with Crippen LogP contribution in [0.15, 0.2) is 59.8 Å². The predicted octanol–water partition coefficient (Wildman–Crippen LogP) is 2.38. The number of rotatable bonds is 4. The van der Waals surface area contributed by atoms with E-state index < -0.39 is 5.69 Å². The van der Waals surface area contributed by atoms with Gasteiger partial charge in [-0.2, -0.15) is 0 Å². The molecule has 0 radical (unpaired) electrons. The summed E-state index contributed by atoms with van der Waals surface area (Å²) in [5.41, 5.74) is 2.17. The normalized spacial score (nSPS) is 13.9. The Balaban J connectivity index is 1.36. The van der Waals surface area contributed by atoms with E-state index in [-0.39, 0.29) is 6.03 Å². The zero-order valence-corrected chi connectivity index (χ0v) is 19.1. The maximum absolute atomic E-state index is 13.3. The number of carbonyl (C=O) groups excluding carboxylic acids is 1. The highest BCUT2D eigenvalue weighted by Gasteiger charge is 2.27. The van der Waals surface area contributed by atoms with Gasteiger partial charge in [-0.05, 0) is 43.3 Å². The van der Waals surface area contributed by atoms with E-state index in [1.54, 1.807) is 30.4 Å². The van der Waals surface area contributed by atoms with Crippen LogP contribution in [0.4, 0.5) is 10.5 Å². The Bertz CT molecular complexity index is 1370. The summed E-state index contributed by atoms with van der Waals surface area (Å²) in [5, 5.41) is 0. The molecule has 0 spiro atoms. The SMILES string of the molecule is CCOc1ccc(N2CCN(C(=O)n3c(=O)n(C)c4nc(-c5cccnc5)ncc43)CC2)cc1. The van der Waals surface area contributed by atoms with Crippen LogP contribution < -0.4 is 15.3 Å². The Morgan fingerprint density at radius 2 is 1.82 bits per heavy atom.